The molecule has 2 rings (SSSR count). The van der Waals surface area contributed by atoms with Gasteiger partial charge in [0.15, 0.2) is 0 Å². The summed E-state index contributed by atoms with van der Waals surface area (Å²) in [5.41, 5.74) is 0.275. The molecular formula is C14H17ClN2O4. The first-order valence-electron chi connectivity index (χ1n) is 6.86. The second-order valence-electron chi connectivity index (χ2n) is 4.79. The van der Waals surface area contributed by atoms with Crippen LogP contribution in [0.4, 0.5) is 0 Å². The van der Waals surface area contributed by atoms with Gasteiger partial charge in [-0.1, -0.05) is 11.6 Å². The van der Waals surface area contributed by atoms with Crippen molar-refractivity contribution < 1.29 is 19.4 Å². The molecule has 1 aromatic heterocycles. The number of aromatic nitrogens is 1. The molecule has 1 unspecified atom stereocenters. The van der Waals surface area contributed by atoms with Crippen molar-refractivity contribution in [3.8, 4) is 5.88 Å². The van der Waals surface area contributed by atoms with Crippen LogP contribution >= 0.6 is 11.6 Å². The Hall–Kier alpha value is -1.82. The lowest BCUT2D eigenvalue weighted by Gasteiger charge is -2.32. The number of pyridine rings is 1. The zero-order valence-corrected chi connectivity index (χ0v) is 12.5. The number of carbonyl (C=O) groups excluding carboxylic acids is 1. The van der Waals surface area contributed by atoms with Crippen molar-refractivity contribution in [2.45, 2.75) is 32.2 Å². The number of halogens is 1. The van der Waals surface area contributed by atoms with E-state index in [2.05, 4.69) is 4.98 Å². The summed E-state index contributed by atoms with van der Waals surface area (Å²) in [4.78, 5) is 29.1. The Balaban J connectivity index is 2.22. The molecule has 0 radical (unpaired) electrons. The van der Waals surface area contributed by atoms with Crippen molar-refractivity contribution in [2.75, 3.05) is 13.2 Å². The summed E-state index contributed by atoms with van der Waals surface area (Å²) in [5.74, 6) is -1.07. The monoisotopic (exact) mass is 312 g/mol. The molecule has 2 heterocycles. The fourth-order valence-corrected chi connectivity index (χ4v) is 2.60. The van der Waals surface area contributed by atoms with Crippen molar-refractivity contribution in [1.29, 1.82) is 0 Å². The van der Waals surface area contributed by atoms with Crippen molar-refractivity contribution in [3.63, 3.8) is 0 Å². The number of carbonyl (C=O) groups is 2. The molecule has 1 aliphatic heterocycles. The van der Waals surface area contributed by atoms with Gasteiger partial charge in [0.2, 0.25) is 5.88 Å². The van der Waals surface area contributed by atoms with Crippen LogP contribution in [-0.4, -0.2) is 46.1 Å². The number of nitrogens with zero attached hydrogens (tertiary/aromatic N) is 2. The lowest BCUT2D eigenvalue weighted by atomic mass is 10.0. The minimum absolute atomic E-state index is 0.242. The lowest BCUT2D eigenvalue weighted by molar-refractivity contribution is -0.143. The molecule has 21 heavy (non-hydrogen) atoms. The van der Waals surface area contributed by atoms with E-state index in [0.717, 1.165) is 12.8 Å². The molecule has 114 valence electrons. The molecule has 0 saturated carbocycles. The molecule has 0 spiro atoms. The minimum Gasteiger partial charge on any atom is -0.480 e. The van der Waals surface area contributed by atoms with E-state index in [1.54, 1.807) is 0 Å². The van der Waals surface area contributed by atoms with Crippen molar-refractivity contribution >= 4 is 23.5 Å². The van der Waals surface area contributed by atoms with Crippen molar-refractivity contribution in [1.82, 2.24) is 9.88 Å². The number of aliphatic carboxylic acids is 1. The fourth-order valence-electron chi connectivity index (χ4n) is 2.38. The highest BCUT2D eigenvalue weighted by molar-refractivity contribution is 6.32. The molecule has 1 N–H and O–H groups in total. The number of piperidine rings is 1. The first kappa shape index (κ1) is 15.6. The first-order chi connectivity index (χ1) is 10.0. The molecule has 7 heteroatoms. The van der Waals surface area contributed by atoms with Crippen LogP contribution in [0.15, 0.2) is 12.3 Å². The number of hydrogen-bond acceptors (Lipinski definition) is 4. The highest BCUT2D eigenvalue weighted by atomic mass is 35.5. The number of rotatable bonds is 4. The predicted molar refractivity (Wildman–Crippen MR) is 76.7 cm³/mol. The van der Waals surface area contributed by atoms with Gasteiger partial charge in [0.05, 0.1) is 12.2 Å². The number of hydrogen-bond donors (Lipinski definition) is 1. The quantitative estimate of drug-likeness (QED) is 0.922. The average molecular weight is 313 g/mol. The third kappa shape index (κ3) is 3.44. The summed E-state index contributed by atoms with van der Waals surface area (Å²) in [7, 11) is 0. The molecule has 0 aromatic carbocycles. The highest BCUT2D eigenvalue weighted by Crippen LogP contribution is 2.25. The molecule has 1 amide bonds. The molecule has 1 aliphatic rings. The molecule has 1 fully saturated rings. The smallest absolute Gasteiger partial charge is 0.326 e. The van der Waals surface area contributed by atoms with E-state index in [1.165, 1.54) is 17.2 Å². The largest absolute Gasteiger partial charge is 0.480 e. The normalized spacial score (nSPS) is 18.4. The van der Waals surface area contributed by atoms with Crippen LogP contribution in [0.1, 0.15) is 36.5 Å². The van der Waals surface area contributed by atoms with Gasteiger partial charge in [0.1, 0.15) is 11.1 Å². The summed E-state index contributed by atoms with van der Waals surface area (Å²) in [6.45, 7) is 2.66. The van der Waals surface area contributed by atoms with Crippen molar-refractivity contribution in [3.05, 3.63) is 22.8 Å². The number of amides is 1. The van der Waals surface area contributed by atoms with E-state index >= 15 is 0 Å². The van der Waals surface area contributed by atoms with Crippen LogP contribution in [0.2, 0.25) is 5.02 Å². The van der Waals surface area contributed by atoms with Gasteiger partial charge in [0.25, 0.3) is 5.91 Å². The number of carboxylic acid groups (broad SMARTS) is 1. The molecule has 0 aliphatic carbocycles. The lowest BCUT2D eigenvalue weighted by Crippen LogP contribution is -2.48. The Morgan fingerprint density at radius 2 is 2.29 bits per heavy atom. The van der Waals surface area contributed by atoms with Crippen LogP contribution in [0, 0.1) is 0 Å². The van der Waals surface area contributed by atoms with E-state index in [9.17, 15) is 14.7 Å². The van der Waals surface area contributed by atoms with Crippen LogP contribution < -0.4 is 4.74 Å². The number of ether oxygens (including phenoxy) is 1. The molecule has 0 bridgehead atoms. The summed E-state index contributed by atoms with van der Waals surface area (Å²) >= 11 is 6.02. The zero-order chi connectivity index (χ0) is 15.4. The third-order valence-corrected chi connectivity index (χ3v) is 3.65. The van der Waals surface area contributed by atoms with Crippen LogP contribution in [0.5, 0.6) is 5.88 Å². The maximum absolute atomic E-state index is 12.5. The summed E-state index contributed by atoms with van der Waals surface area (Å²) in [5, 5.41) is 9.46. The maximum atomic E-state index is 12.5. The molecule has 1 aromatic rings. The second kappa shape index (κ2) is 6.76. The predicted octanol–water partition coefficient (Wildman–Crippen LogP) is 2.21. The topological polar surface area (TPSA) is 79.7 Å². The van der Waals surface area contributed by atoms with E-state index in [-0.39, 0.29) is 22.4 Å². The van der Waals surface area contributed by atoms with E-state index in [1.807, 2.05) is 6.92 Å². The summed E-state index contributed by atoms with van der Waals surface area (Å²) in [6.07, 6.45) is 3.45. The van der Waals surface area contributed by atoms with Crippen LogP contribution in [0.25, 0.3) is 0 Å². The Morgan fingerprint density at radius 3 is 2.90 bits per heavy atom. The minimum atomic E-state index is -0.979. The number of carboxylic acids is 1. The van der Waals surface area contributed by atoms with Gasteiger partial charge in [-0.15, -0.1) is 0 Å². The third-order valence-electron chi connectivity index (χ3n) is 3.38. The van der Waals surface area contributed by atoms with Gasteiger partial charge < -0.3 is 14.7 Å². The van der Waals surface area contributed by atoms with Crippen LogP contribution in [0.3, 0.4) is 0 Å². The Bertz CT molecular complexity index is 550. The summed E-state index contributed by atoms with van der Waals surface area (Å²) < 4.78 is 5.21. The van der Waals surface area contributed by atoms with Gasteiger partial charge in [0, 0.05) is 12.7 Å². The second-order valence-corrected chi connectivity index (χ2v) is 5.20. The van der Waals surface area contributed by atoms with E-state index in [4.69, 9.17) is 16.3 Å². The Morgan fingerprint density at radius 1 is 1.52 bits per heavy atom. The zero-order valence-electron chi connectivity index (χ0n) is 11.7. The first-order valence-corrected chi connectivity index (χ1v) is 7.24. The SMILES string of the molecule is CCOc1ncc(C(=O)N2CCCCC2C(=O)O)cc1Cl. The summed E-state index contributed by atoms with van der Waals surface area (Å²) in [6, 6.07) is 0.687. The van der Waals surface area contributed by atoms with E-state index < -0.39 is 12.0 Å². The fraction of sp³-hybridized carbons (Fsp3) is 0.500. The Kier molecular flexibility index (Phi) is 5.01. The van der Waals surface area contributed by atoms with E-state index in [0.29, 0.717) is 19.6 Å². The van der Waals surface area contributed by atoms with Gasteiger partial charge in [-0.3, -0.25) is 4.79 Å². The van der Waals surface area contributed by atoms with Gasteiger partial charge in [-0.2, -0.15) is 0 Å². The Labute approximate surface area is 127 Å². The molecule has 6 nitrogen and oxygen atoms in total. The van der Waals surface area contributed by atoms with Crippen molar-refractivity contribution in [2.24, 2.45) is 0 Å². The maximum Gasteiger partial charge on any atom is 0.326 e. The number of likely N-dealkylation sites (tertiary alicyclic amines) is 1. The molecule has 1 atom stereocenters. The standard InChI is InChI=1S/C14H17ClN2O4/c1-2-21-12-10(15)7-9(8-16-12)13(18)17-6-4-3-5-11(17)14(19)20/h7-8,11H,2-6H2,1H3,(H,19,20). The van der Waals surface area contributed by atoms with Gasteiger partial charge in [-0.25, -0.2) is 9.78 Å². The van der Waals surface area contributed by atoms with Gasteiger partial charge >= 0.3 is 5.97 Å². The van der Waals surface area contributed by atoms with Crippen LogP contribution in [-0.2, 0) is 4.79 Å². The molecule has 1 saturated heterocycles. The van der Waals surface area contributed by atoms with Gasteiger partial charge in [-0.05, 0) is 32.3 Å². The molecular weight excluding hydrogens is 296 g/mol. The highest BCUT2D eigenvalue weighted by Gasteiger charge is 2.32. The average Bonchev–Trinajstić information content (AvgIpc) is 2.48.